The van der Waals surface area contributed by atoms with Crippen molar-refractivity contribution in [1.82, 2.24) is 5.43 Å². The van der Waals surface area contributed by atoms with E-state index >= 15 is 0 Å². The van der Waals surface area contributed by atoms with Crippen molar-refractivity contribution in [2.45, 2.75) is 6.92 Å². The van der Waals surface area contributed by atoms with E-state index in [9.17, 15) is 19.7 Å². The first-order chi connectivity index (χ1) is 15.8. The molecule has 2 N–H and O–H groups in total. The summed E-state index contributed by atoms with van der Waals surface area (Å²) in [7, 11) is 0. The highest BCUT2D eigenvalue weighted by Crippen LogP contribution is 2.34. The molecule has 33 heavy (non-hydrogen) atoms. The second-order valence-electron chi connectivity index (χ2n) is 6.34. The molecule has 0 aliphatic carbocycles. The zero-order valence-electron chi connectivity index (χ0n) is 17.0. The lowest BCUT2D eigenvalue weighted by atomic mass is 10.2. The molecular weight excluding hydrogens is 475 g/mol. The Morgan fingerprint density at radius 3 is 2.61 bits per heavy atom. The normalized spacial score (nSPS) is 10.8. The number of furan rings is 1. The Kier molecular flexibility index (Phi) is 7.65. The fourth-order valence-electron chi connectivity index (χ4n) is 2.62. The SMILES string of the molecule is CCOC(=O)c1c(Nc2ccc(Cl)cc2)oc(/C=N\NC(=O)c2cccc([N+](=O)[O-])c2)c1Cl. The van der Waals surface area contributed by atoms with Crippen LogP contribution in [-0.4, -0.2) is 29.6 Å². The van der Waals surface area contributed by atoms with Crippen molar-refractivity contribution in [2.75, 3.05) is 11.9 Å². The number of rotatable bonds is 8. The lowest BCUT2D eigenvalue weighted by molar-refractivity contribution is -0.384. The van der Waals surface area contributed by atoms with Gasteiger partial charge >= 0.3 is 5.97 Å². The number of nitrogens with zero attached hydrogens (tertiary/aromatic N) is 2. The molecule has 0 unspecified atom stereocenters. The molecule has 0 radical (unpaired) electrons. The second-order valence-corrected chi connectivity index (χ2v) is 7.16. The Labute approximate surface area is 197 Å². The van der Waals surface area contributed by atoms with Gasteiger partial charge in [-0.05, 0) is 37.3 Å². The molecule has 1 aromatic heterocycles. The molecule has 0 aliphatic heterocycles. The number of nitro groups is 1. The fourth-order valence-corrected chi connectivity index (χ4v) is 3.00. The van der Waals surface area contributed by atoms with E-state index < -0.39 is 16.8 Å². The third kappa shape index (κ3) is 5.88. The molecular formula is C21H16Cl2N4O6. The van der Waals surface area contributed by atoms with Crippen LogP contribution in [0.4, 0.5) is 17.3 Å². The number of hydrazone groups is 1. The van der Waals surface area contributed by atoms with E-state index in [1.807, 2.05) is 0 Å². The zero-order valence-corrected chi connectivity index (χ0v) is 18.5. The van der Waals surface area contributed by atoms with Crippen LogP contribution < -0.4 is 10.7 Å². The van der Waals surface area contributed by atoms with Crippen molar-refractivity contribution in [2.24, 2.45) is 5.10 Å². The smallest absolute Gasteiger partial charge is 0.345 e. The Hall–Kier alpha value is -3.89. The van der Waals surface area contributed by atoms with Crippen LogP contribution in [0.1, 0.15) is 33.4 Å². The van der Waals surface area contributed by atoms with Gasteiger partial charge in [0, 0.05) is 28.4 Å². The van der Waals surface area contributed by atoms with Crippen LogP contribution in [0.5, 0.6) is 0 Å². The number of hydrogen-bond acceptors (Lipinski definition) is 8. The van der Waals surface area contributed by atoms with Gasteiger partial charge < -0.3 is 14.5 Å². The zero-order chi connectivity index (χ0) is 24.0. The maximum atomic E-state index is 12.4. The molecule has 3 aromatic rings. The summed E-state index contributed by atoms with van der Waals surface area (Å²) in [6, 6.07) is 11.8. The number of esters is 1. The summed E-state index contributed by atoms with van der Waals surface area (Å²) in [5.41, 5.74) is 2.52. The molecule has 1 heterocycles. The first kappa shape index (κ1) is 23.8. The number of halogens is 2. The minimum Gasteiger partial charge on any atom is -0.462 e. The summed E-state index contributed by atoms with van der Waals surface area (Å²) in [4.78, 5) is 34.9. The molecule has 0 saturated carbocycles. The van der Waals surface area contributed by atoms with E-state index in [4.69, 9.17) is 32.4 Å². The summed E-state index contributed by atoms with van der Waals surface area (Å²) in [6.45, 7) is 1.76. The van der Waals surface area contributed by atoms with Gasteiger partial charge in [0.05, 0.1) is 17.7 Å². The number of ether oxygens (including phenoxy) is 1. The average Bonchev–Trinajstić information content (AvgIpc) is 3.10. The molecule has 10 nitrogen and oxygen atoms in total. The van der Waals surface area contributed by atoms with E-state index in [-0.39, 0.29) is 40.1 Å². The van der Waals surface area contributed by atoms with Crippen molar-refractivity contribution >= 4 is 58.6 Å². The van der Waals surface area contributed by atoms with E-state index in [0.29, 0.717) is 10.7 Å². The maximum Gasteiger partial charge on any atom is 0.345 e. The Morgan fingerprint density at radius 2 is 1.94 bits per heavy atom. The van der Waals surface area contributed by atoms with Gasteiger partial charge in [-0.1, -0.05) is 29.3 Å². The molecule has 170 valence electrons. The topological polar surface area (TPSA) is 136 Å². The first-order valence-electron chi connectivity index (χ1n) is 9.40. The minimum absolute atomic E-state index is 0.00670. The van der Waals surface area contributed by atoms with Crippen LogP contribution in [0.25, 0.3) is 0 Å². The van der Waals surface area contributed by atoms with Crippen LogP contribution in [0, 0.1) is 10.1 Å². The highest BCUT2D eigenvalue weighted by molar-refractivity contribution is 6.36. The summed E-state index contributed by atoms with van der Waals surface area (Å²) in [5.74, 6) is -1.44. The number of carbonyl (C=O) groups is 2. The Bertz CT molecular complexity index is 1220. The number of hydrogen-bond donors (Lipinski definition) is 2. The number of amides is 1. The van der Waals surface area contributed by atoms with E-state index in [1.165, 1.54) is 18.2 Å². The Morgan fingerprint density at radius 1 is 1.21 bits per heavy atom. The predicted molar refractivity (Wildman–Crippen MR) is 123 cm³/mol. The molecule has 0 bridgehead atoms. The van der Waals surface area contributed by atoms with Gasteiger partial charge in [-0.15, -0.1) is 0 Å². The highest BCUT2D eigenvalue weighted by atomic mass is 35.5. The average molecular weight is 491 g/mol. The standard InChI is InChI=1S/C21H16Cl2N4O6/c1-2-32-21(29)17-18(23)16(33-20(17)25-14-8-6-13(22)7-9-14)11-24-26-19(28)12-4-3-5-15(10-12)27(30)31/h3-11,25H,2H2,1H3,(H,26,28)/b24-11-. The molecule has 1 amide bonds. The molecule has 12 heteroatoms. The summed E-state index contributed by atoms with van der Waals surface area (Å²) in [5, 5.41) is 18.0. The van der Waals surface area contributed by atoms with Crippen molar-refractivity contribution in [3.8, 4) is 0 Å². The third-order valence-electron chi connectivity index (χ3n) is 4.12. The molecule has 2 aromatic carbocycles. The summed E-state index contributed by atoms with van der Waals surface area (Å²) in [6.07, 6.45) is 1.09. The molecule has 3 rings (SSSR count). The third-order valence-corrected chi connectivity index (χ3v) is 4.75. The highest BCUT2D eigenvalue weighted by Gasteiger charge is 2.25. The lowest BCUT2D eigenvalue weighted by Crippen LogP contribution is -2.17. The predicted octanol–water partition coefficient (Wildman–Crippen LogP) is 5.18. The second kappa shape index (κ2) is 10.6. The van der Waals surface area contributed by atoms with Gasteiger partial charge in [0.25, 0.3) is 11.6 Å². The quantitative estimate of drug-likeness (QED) is 0.192. The first-order valence-corrected chi connectivity index (χ1v) is 10.2. The van der Waals surface area contributed by atoms with Crippen LogP contribution in [0.3, 0.4) is 0 Å². The number of non-ortho nitro benzene ring substituents is 1. The van der Waals surface area contributed by atoms with Gasteiger partial charge in [-0.2, -0.15) is 5.10 Å². The van der Waals surface area contributed by atoms with Crippen molar-refractivity contribution in [3.05, 3.63) is 85.6 Å². The van der Waals surface area contributed by atoms with Crippen molar-refractivity contribution < 1.29 is 23.7 Å². The summed E-state index contributed by atoms with van der Waals surface area (Å²) >= 11 is 12.2. The number of nitrogens with one attached hydrogen (secondary N) is 2. The van der Waals surface area contributed by atoms with Crippen molar-refractivity contribution in [1.29, 1.82) is 0 Å². The van der Waals surface area contributed by atoms with Crippen molar-refractivity contribution in [3.63, 3.8) is 0 Å². The molecule has 0 atom stereocenters. The van der Waals surface area contributed by atoms with E-state index in [1.54, 1.807) is 31.2 Å². The van der Waals surface area contributed by atoms with Crippen LogP contribution in [0.15, 0.2) is 58.0 Å². The minimum atomic E-state index is -0.719. The number of nitro benzene ring substituents is 1. The van der Waals surface area contributed by atoms with Gasteiger partial charge in [0.2, 0.25) is 5.88 Å². The van der Waals surface area contributed by atoms with Gasteiger partial charge in [0.1, 0.15) is 10.6 Å². The summed E-state index contributed by atoms with van der Waals surface area (Å²) < 4.78 is 10.7. The largest absolute Gasteiger partial charge is 0.462 e. The van der Waals surface area contributed by atoms with Crippen LogP contribution in [0.2, 0.25) is 10.0 Å². The molecule has 0 aliphatic rings. The molecule has 0 fully saturated rings. The number of benzene rings is 2. The number of carbonyl (C=O) groups excluding carboxylic acids is 2. The monoisotopic (exact) mass is 490 g/mol. The van der Waals surface area contributed by atoms with E-state index in [2.05, 4.69) is 15.8 Å². The number of anilines is 2. The molecule has 0 saturated heterocycles. The maximum absolute atomic E-state index is 12.4. The Balaban J connectivity index is 1.83. The van der Waals surface area contributed by atoms with E-state index in [0.717, 1.165) is 12.3 Å². The van der Waals surface area contributed by atoms with Gasteiger partial charge in [-0.3, -0.25) is 14.9 Å². The molecule has 0 spiro atoms. The fraction of sp³-hybridized carbons (Fsp3) is 0.0952. The van der Waals surface area contributed by atoms with Crippen LogP contribution >= 0.6 is 23.2 Å². The van der Waals surface area contributed by atoms with Gasteiger partial charge in [0.15, 0.2) is 5.76 Å². The van der Waals surface area contributed by atoms with Gasteiger partial charge in [-0.25, -0.2) is 10.2 Å². The lowest BCUT2D eigenvalue weighted by Gasteiger charge is -2.06. The van der Waals surface area contributed by atoms with Crippen LogP contribution in [-0.2, 0) is 4.74 Å².